The number of anilines is 1. The predicted octanol–water partition coefficient (Wildman–Crippen LogP) is 3.42. The van der Waals surface area contributed by atoms with Gasteiger partial charge in [-0.25, -0.2) is 4.39 Å². The van der Waals surface area contributed by atoms with E-state index in [4.69, 9.17) is 0 Å². The number of aromatic nitrogens is 2. The van der Waals surface area contributed by atoms with Gasteiger partial charge in [0.25, 0.3) is 5.91 Å². The summed E-state index contributed by atoms with van der Waals surface area (Å²) in [6, 6.07) is 13.3. The van der Waals surface area contributed by atoms with Gasteiger partial charge >= 0.3 is 0 Å². The number of rotatable bonds is 6. The van der Waals surface area contributed by atoms with E-state index in [1.54, 1.807) is 37.6 Å². The summed E-state index contributed by atoms with van der Waals surface area (Å²) in [7, 11) is 1.57. The fourth-order valence-corrected chi connectivity index (χ4v) is 3.87. The van der Waals surface area contributed by atoms with Crippen LogP contribution in [0.5, 0.6) is 0 Å². The predicted molar refractivity (Wildman–Crippen MR) is 119 cm³/mol. The normalized spacial score (nSPS) is 16.0. The van der Waals surface area contributed by atoms with Crippen LogP contribution >= 0.6 is 0 Å². The van der Waals surface area contributed by atoms with Crippen LogP contribution in [-0.4, -0.2) is 46.8 Å². The van der Waals surface area contributed by atoms with Crippen LogP contribution in [-0.2, 0) is 4.79 Å². The Bertz CT molecular complexity index is 1080. The van der Waals surface area contributed by atoms with Gasteiger partial charge in [0.2, 0.25) is 5.91 Å². The molecular weight excluding hydrogens is 409 g/mol. The molecule has 2 N–H and O–H groups in total. The van der Waals surface area contributed by atoms with Crippen molar-refractivity contribution in [2.24, 2.45) is 0 Å². The third kappa shape index (κ3) is 4.97. The maximum Gasteiger partial charge on any atom is 0.269 e. The number of halogens is 1. The van der Waals surface area contributed by atoms with Gasteiger partial charge < -0.3 is 10.6 Å². The molecule has 3 aromatic rings. The number of nitrogens with one attached hydrogen (secondary N) is 2. The van der Waals surface area contributed by atoms with E-state index in [1.165, 1.54) is 12.1 Å². The van der Waals surface area contributed by atoms with Crippen molar-refractivity contribution in [3.05, 3.63) is 78.1 Å². The highest BCUT2D eigenvalue weighted by Crippen LogP contribution is 2.31. The number of benzene rings is 1. The van der Waals surface area contributed by atoms with E-state index in [9.17, 15) is 14.0 Å². The lowest BCUT2D eigenvalue weighted by atomic mass is 10.1. The van der Waals surface area contributed by atoms with E-state index in [-0.39, 0.29) is 30.2 Å². The zero-order chi connectivity index (χ0) is 22.5. The Morgan fingerprint density at radius 3 is 2.38 bits per heavy atom. The van der Waals surface area contributed by atoms with Gasteiger partial charge in [0.05, 0.1) is 18.3 Å². The van der Waals surface area contributed by atoms with E-state index < -0.39 is 0 Å². The zero-order valence-corrected chi connectivity index (χ0v) is 17.7. The van der Waals surface area contributed by atoms with Gasteiger partial charge in [-0.15, -0.1) is 0 Å². The van der Waals surface area contributed by atoms with Gasteiger partial charge in [0, 0.05) is 36.3 Å². The Hall–Kier alpha value is -3.65. The fraction of sp³-hybridized carbons (Fsp3) is 0.250. The van der Waals surface area contributed by atoms with Crippen LogP contribution in [0.4, 0.5) is 10.1 Å². The average Bonchev–Trinajstić information content (AvgIpc) is 3.28. The highest BCUT2D eigenvalue weighted by molar-refractivity contribution is 5.92. The van der Waals surface area contributed by atoms with Crippen molar-refractivity contribution < 1.29 is 14.0 Å². The lowest BCUT2D eigenvalue weighted by molar-refractivity contribution is -0.117. The second-order valence-electron chi connectivity index (χ2n) is 7.67. The van der Waals surface area contributed by atoms with Crippen LogP contribution in [0.25, 0.3) is 11.1 Å². The smallest absolute Gasteiger partial charge is 0.269 e. The van der Waals surface area contributed by atoms with Crippen LogP contribution in [0, 0.1) is 5.82 Å². The monoisotopic (exact) mass is 433 g/mol. The third-order valence-corrected chi connectivity index (χ3v) is 5.52. The van der Waals surface area contributed by atoms with Crippen molar-refractivity contribution in [2.45, 2.75) is 18.9 Å². The molecule has 3 heterocycles. The molecule has 0 spiro atoms. The third-order valence-electron chi connectivity index (χ3n) is 5.52. The SMILES string of the molecule is CNC(=O)c1ccc(-c2ccc(C3CCCN3CC(=O)Nc3ccc(F)cc3)nc2)cn1. The van der Waals surface area contributed by atoms with Crippen LogP contribution < -0.4 is 10.6 Å². The summed E-state index contributed by atoms with van der Waals surface area (Å²) in [4.78, 5) is 35.1. The minimum Gasteiger partial charge on any atom is -0.354 e. The number of likely N-dealkylation sites (tertiary alicyclic amines) is 1. The van der Waals surface area contributed by atoms with Gasteiger partial charge in [-0.05, 0) is 55.8 Å². The Labute approximate surface area is 185 Å². The number of pyridine rings is 2. The molecule has 1 aromatic carbocycles. The molecule has 0 bridgehead atoms. The topological polar surface area (TPSA) is 87.2 Å². The van der Waals surface area contributed by atoms with Crippen LogP contribution in [0.2, 0.25) is 0 Å². The molecule has 0 aliphatic carbocycles. The molecule has 1 aliphatic rings. The highest BCUT2D eigenvalue weighted by Gasteiger charge is 2.28. The number of carbonyl (C=O) groups is 2. The first kappa shape index (κ1) is 21.6. The largest absolute Gasteiger partial charge is 0.354 e. The summed E-state index contributed by atoms with van der Waals surface area (Å²) < 4.78 is 13.0. The second-order valence-corrected chi connectivity index (χ2v) is 7.67. The first-order chi connectivity index (χ1) is 15.5. The van der Waals surface area contributed by atoms with Crippen LogP contribution in [0.1, 0.15) is 35.1 Å². The van der Waals surface area contributed by atoms with E-state index in [2.05, 4.69) is 25.5 Å². The Morgan fingerprint density at radius 2 is 1.75 bits per heavy atom. The fourth-order valence-electron chi connectivity index (χ4n) is 3.87. The molecule has 32 heavy (non-hydrogen) atoms. The molecule has 164 valence electrons. The summed E-state index contributed by atoms with van der Waals surface area (Å²) in [5, 5.41) is 5.36. The molecule has 1 saturated heterocycles. The maximum atomic E-state index is 13.0. The number of hydrogen-bond acceptors (Lipinski definition) is 5. The molecule has 1 atom stereocenters. The lowest BCUT2D eigenvalue weighted by Crippen LogP contribution is -2.33. The van der Waals surface area contributed by atoms with Crippen molar-refractivity contribution in [3.8, 4) is 11.1 Å². The van der Waals surface area contributed by atoms with E-state index in [0.717, 1.165) is 36.2 Å². The first-order valence-electron chi connectivity index (χ1n) is 10.5. The Balaban J connectivity index is 1.40. The van der Waals surface area contributed by atoms with Gasteiger partial charge in [-0.2, -0.15) is 0 Å². The summed E-state index contributed by atoms with van der Waals surface area (Å²) >= 11 is 0. The zero-order valence-electron chi connectivity index (χ0n) is 17.7. The molecule has 7 nitrogen and oxygen atoms in total. The highest BCUT2D eigenvalue weighted by atomic mass is 19.1. The minimum absolute atomic E-state index is 0.0665. The first-order valence-corrected chi connectivity index (χ1v) is 10.5. The summed E-state index contributed by atoms with van der Waals surface area (Å²) in [5.41, 5.74) is 3.63. The van der Waals surface area contributed by atoms with Crippen molar-refractivity contribution in [3.63, 3.8) is 0 Å². The second kappa shape index (κ2) is 9.65. The van der Waals surface area contributed by atoms with E-state index in [1.807, 2.05) is 18.2 Å². The van der Waals surface area contributed by atoms with Crippen LogP contribution in [0.3, 0.4) is 0 Å². The average molecular weight is 433 g/mol. The quantitative estimate of drug-likeness (QED) is 0.622. The number of amides is 2. The van der Waals surface area contributed by atoms with Gasteiger partial charge in [0.15, 0.2) is 0 Å². The van der Waals surface area contributed by atoms with E-state index in [0.29, 0.717) is 11.4 Å². The molecule has 4 rings (SSSR count). The summed E-state index contributed by atoms with van der Waals surface area (Å²) in [6.07, 6.45) is 5.37. The number of nitrogens with zero attached hydrogens (tertiary/aromatic N) is 3. The Kier molecular flexibility index (Phi) is 6.51. The van der Waals surface area contributed by atoms with Crippen molar-refractivity contribution >= 4 is 17.5 Å². The molecule has 2 aromatic heterocycles. The molecule has 0 radical (unpaired) electrons. The maximum absolute atomic E-state index is 13.0. The minimum atomic E-state index is -0.338. The van der Waals surface area contributed by atoms with Crippen molar-refractivity contribution in [1.82, 2.24) is 20.2 Å². The standard InChI is InChI=1S/C24H24FN5O2/c1-26-24(32)21-11-5-17(14-28-21)16-4-10-20(27-13-16)22-3-2-12-30(22)15-23(31)29-19-8-6-18(25)7-9-19/h4-11,13-14,22H,2-3,12,15H2,1H3,(H,26,32)(H,29,31). The lowest BCUT2D eigenvalue weighted by Gasteiger charge is -2.23. The molecular formula is C24H24FN5O2. The van der Waals surface area contributed by atoms with Gasteiger partial charge in [-0.1, -0.05) is 12.1 Å². The van der Waals surface area contributed by atoms with E-state index >= 15 is 0 Å². The van der Waals surface area contributed by atoms with Crippen molar-refractivity contribution in [2.75, 3.05) is 25.5 Å². The van der Waals surface area contributed by atoms with Gasteiger partial charge in [0.1, 0.15) is 11.5 Å². The number of carbonyl (C=O) groups excluding carboxylic acids is 2. The summed E-state index contributed by atoms with van der Waals surface area (Å²) in [5.74, 6) is -0.701. The molecule has 1 unspecified atom stereocenters. The van der Waals surface area contributed by atoms with Crippen molar-refractivity contribution in [1.29, 1.82) is 0 Å². The number of hydrogen-bond donors (Lipinski definition) is 2. The Morgan fingerprint density at radius 1 is 1.03 bits per heavy atom. The molecule has 8 heteroatoms. The van der Waals surface area contributed by atoms with Crippen LogP contribution in [0.15, 0.2) is 60.9 Å². The molecule has 2 amide bonds. The summed E-state index contributed by atoms with van der Waals surface area (Å²) in [6.45, 7) is 1.06. The van der Waals surface area contributed by atoms with Gasteiger partial charge in [-0.3, -0.25) is 24.5 Å². The molecule has 1 aliphatic heterocycles. The molecule has 1 fully saturated rings. The molecule has 0 saturated carbocycles.